The van der Waals surface area contributed by atoms with Gasteiger partial charge in [0.15, 0.2) is 0 Å². The van der Waals surface area contributed by atoms with Crippen LogP contribution in [0.2, 0.25) is 0 Å². The van der Waals surface area contributed by atoms with Crippen molar-refractivity contribution in [2.75, 3.05) is 13.2 Å². The fourth-order valence-corrected chi connectivity index (χ4v) is 1.73. The molecule has 2 bridgehead atoms. The van der Waals surface area contributed by atoms with Crippen LogP contribution in [0.4, 0.5) is 8.78 Å². The molecular weight excluding hydrogens is 186 g/mol. The van der Waals surface area contributed by atoms with Gasteiger partial charge in [0, 0.05) is 5.92 Å². The molecule has 2 N–H and O–H groups in total. The van der Waals surface area contributed by atoms with Gasteiger partial charge in [-0.15, -0.1) is 0 Å². The second-order valence-electron chi connectivity index (χ2n) is 3.27. The second kappa shape index (κ2) is 2.84. The van der Waals surface area contributed by atoms with Gasteiger partial charge >= 0.3 is 5.92 Å². The van der Waals surface area contributed by atoms with Crippen molar-refractivity contribution in [1.29, 1.82) is 0 Å². The summed E-state index contributed by atoms with van der Waals surface area (Å²) in [6.45, 7) is -0.851. The van der Waals surface area contributed by atoms with Crippen molar-refractivity contribution >= 4 is 0 Å². The molecule has 3 fully saturated rings. The molecule has 4 atom stereocenters. The second-order valence-corrected chi connectivity index (χ2v) is 3.27. The molecule has 6 heteroatoms. The summed E-state index contributed by atoms with van der Waals surface area (Å²) in [5.74, 6) is -3.87. The standard InChI is InChI=1S/C7H10F2O4/c8-7(9)5-3(1-10)4(2-11)12-6(7)13-5/h3-6,10-11H,1-2H2/t3-,4-,5+,6+/m1/s1. The van der Waals surface area contributed by atoms with E-state index in [4.69, 9.17) is 14.9 Å². The van der Waals surface area contributed by atoms with E-state index in [9.17, 15) is 8.78 Å². The van der Waals surface area contributed by atoms with E-state index in [2.05, 4.69) is 4.74 Å². The van der Waals surface area contributed by atoms with Crippen LogP contribution in [0.15, 0.2) is 0 Å². The van der Waals surface area contributed by atoms with Gasteiger partial charge < -0.3 is 19.7 Å². The molecule has 0 aromatic carbocycles. The zero-order valence-corrected chi connectivity index (χ0v) is 6.69. The minimum absolute atomic E-state index is 0.377. The van der Waals surface area contributed by atoms with Crippen LogP contribution in [0.25, 0.3) is 0 Å². The molecule has 3 aliphatic rings. The Morgan fingerprint density at radius 2 is 1.85 bits per heavy atom. The van der Waals surface area contributed by atoms with Gasteiger partial charge in [0.1, 0.15) is 6.10 Å². The van der Waals surface area contributed by atoms with Crippen molar-refractivity contribution < 1.29 is 28.5 Å². The lowest BCUT2D eigenvalue weighted by Crippen LogP contribution is -2.72. The van der Waals surface area contributed by atoms with E-state index < -0.39 is 36.9 Å². The van der Waals surface area contributed by atoms with E-state index in [1.165, 1.54) is 0 Å². The fraction of sp³-hybridized carbons (Fsp3) is 1.00. The Labute approximate surface area is 73.1 Å². The number of halogens is 2. The minimum atomic E-state index is -3.03. The van der Waals surface area contributed by atoms with Gasteiger partial charge in [-0.3, -0.25) is 0 Å². The van der Waals surface area contributed by atoms with Crippen molar-refractivity contribution in [1.82, 2.24) is 0 Å². The SMILES string of the molecule is OC[C@@H]1[C@@H](CO)O[C@H]2O[C@@H]1C2(F)F. The summed E-state index contributed by atoms with van der Waals surface area (Å²) in [6.07, 6.45) is -3.60. The predicted molar refractivity (Wildman–Crippen MR) is 36.1 cm³/mol. The summed E-state index contributed by atoms with van der Waals surface area (Å²) in [4.78, 5) is 0. The molecule has 3 rings (SSSR count). The minimum Gasteiger partial charge on any atom is -0.396 e. The number of aliphatic hydroxyl groups is 2. The van der Waals surface area contributed by atoms with Crippen molar-refractivity contribution in [3.63, 3.8) is 0 Å². The molecule has 0 radical (unpaired) electrons. The highest BCUT2D eigenvalue weighted by molar-refractivity contribution is 5.02. The fourth-order valence-electron chi connectivity index (χ4n) is 1.73. The molecule has 0 aliphatic carbocycles. The number of hydrogen-bond acceptors (Lipinski definition) is 4. The molecular formula is C7H10F2O4. The summed E-state index contributed by atoms with van der Waals surface area (Å²) >= 11 is 0. The maximum atomic E-state index is 13.0. The molecule has 3 aliphatic heterocycles. The number of aliphatic hydroxyl groups excluding tert-OH is 2. The number of rotatable bonds is 2. The number of fused-ring (bicyclic) bond motifs is 2. The lowest BCUT2D eigenvalue weighted by molar-refractivity contribution is -0.460. The van der Waals surface area contributed by atoms with Crippen LogP contribution in [0, 0.1) is 5.92 Å². The lowest BCUT2D eigenvalue weighted by Gasteiger charge is -2.54. The smallest absolute Gasteiger partial charge is 0.323 e. The van der Waals surface area contributed by atoms with Crippen LogP contribution in [-0.2, 0) is 9.47 Å². The molecule has 3 heterocycles. The predicted octanol–water partition coefficient (Wildman–Crippen LogP) is -0.654. The van der Waals surface area contributed by atoms with Gasteiger partial charge in [0.05, 0.1) is 19.3 Å². The largest absolute Gasteiger partial charge is 0.396 e. The van der Waals surface area contributed by atoms with Crippen LogP contribution in [-0.4, -0.2) is 47.8 Å². The van der Waals surface area contributed by atoms with Gasteiger partial charge in [-0.25, -0.2) is 0 Å². The first kappa shape index (κ1) is 9.26. The van der Waals surface area contributed by atoms with Gasteiger partial charge in [0.2, 0.25) is 6.29 Å². The third-order valence-corrected chi connectivity index (χ3v) is 2.52. The highest BCUT2D eigenvalue weighted by Gasteiger charge is 2.68. The van der Waals surface area contributed by atoms with Gasteiger partial charge in [-0.05, 0) is 0 Å². The quantitative estimate of drug-likeness (QED) is 0.616. The van der Waals surface area contributed by atoms with E-state index >= 15 is 0 Å². The topological polar surface area (TPSA) is 58.9 Å². The van der Waals surface area contributed by atoms with Gasteiger partial charge in [-0.2, -0.15) is 8.78 Å². The van der Waals surface area contributed by atoms with Crippen molar-refractivity contribution in [3.8, 4) is 0 Å². The normalized spacial score (nSPS) is 47.1. The van der Waals surface area contributed by atoms with Crippen LogP contribution < -0.4 is 0 Å². The molecule has 3 saturated heterocycles. The zero-order chi connectivity index (χ0) is 9.64. The third-order valence-electron chi connectivity index (χ3n) is 2.52. The molecule has 0 unspecified atom stereocenters. The Balaban J connectivity index is 2.13. The van der Waals surface area contributed by atoms with Crippen molar-refractivity contribution in [2.24, 2.45) is 5.92 Å². The van der Waals surface area contributed by atoms with Gasteiger partial charge in [0.25, 0.3) is 0 Å². The zero-order valence-electron chi connectivity index (χ0n) is 6.69. The van der Waals surface area contributed by atoms with Crippen LogP contribution >= 0.6 is 0 Å². The maximum Gasteiger partial charge on any atom is 0.323 e. The lowest BCUT2D eigenvalue weighted by atomic mass is 9.85. The summed E-state index contributed by atoms with van der Waals surface area (Å²) < 4.78 is 35.3. The summed E-state index contributed by atoms with van der Waals surface area (Å²) in [7, 11) is 0. The average molecular weight is 196 g/mol. The molecule has 0 spiro atoms. The summed E-state index contributed by atoms with van der Waals surface area (Å²) in [6, 6.07) is 0. The van der Waals surface area contributed by atoms with Crippen LogP contribution in [0.1, 0.15) is 0 Å². The Morgan fingerprint density at radius 3 is 2.31 bits per heavy atom. The average Bonchev–Trinajstić information content (AvgIpc) is 2.16. The highest BCUT2D eigenvalue weighted by atomic mass is 19.3. The molecule has 13 heavy (non-hydrogen) atoms. The summed E-state index contributed by atoms with van der Waals surface area (Å²) in [5, 5.41) is 17.6. The van der Waals surface area contributed by atoms with E-state index in [1.54, 1.807) is 0 Å². The van der Waals surface area contributed by atoms with E-state index in [-0.39, 0.29) is 6.61 Å². The Bertz CT molecular complexity index is 211. The molecule has 0 aromatic heterocycles. The van der Waals surface area contributed by atoms with E-state index in [0.29, 0.717) is 0 Å². The highest BCUT2D eigenvalue weighted by Crippen LogP contribution is 2.48. The first-order valence-electron chi connectivity index (χ1n) is 4.01. The monoisotopic (exact) mass is 196 g/mol. The number of ether oxygens (including phenoxy) is 2. The van der Waals surface area contributed by atoms with Crippen LogP contribution in [0.5, 0.6) is 0 Å². The first-order valence-corrected chi connectivity index (χ1v) is 4.01. The van der Waals surface area contributed by atoms with E-state index in [0.717, 1.165) is 0 Å². The van der Waals surface area contributed by atoms with E-state index in [1.807, 2.05) is 0 Å². The van der Waals surface area contributed by atoms with Crippen LogP contribution in [0.3, 0.4) is 0 Å². The number of alkyl halides is 2. The van der Waals surface area contributed by atoms with Gasteiger partial charge in [-0.1, -0.05) is 0 Å². The molecule has 76 valence electrons. The Kier molecular flexibility index (Phi) is 2.03. The molecule has 0 amide bonds. The molecule has 0 saturated carbocycles. The Morgan fingerprint density at radius 1 is 1.15 bits per heavy atom. The Hall–Kier alpha value is -0.300. The van der Waals surface area contributed by atoms with Crippen molar-refractivity contribution in [2.45, 2.75) is 24.4 Å². The van der Waals surface area contributed by atoms with Crippen molar-refractivity contribution in [3.05, 3.63) is 0 Å². The molecule has 4 nitrogen and oxygen atoms in total. The number of hydrogen-bond donors (Lipinski definition) is 2. The maximum absolute atomic E-state index is 13.0. The summed E-state index contributed by atoms with van der Waals surface area (Å²) in [5.41, 5.74) is 0. The third kappa shape index (κ3) is 1.10. The molecule has 0 aromatic rings. The first-order chi connectivity index (χ1) is 6.11.